The number of rotatable bonds is 3. The second-order valence-corrected chi connectivity index (χ2v) is 8.47. The molecule has 0 atom stereocenters. The number of thioether (sulfide) groups is 1. The molecule has 0 amide bonds. The number of nitrogens with zero attached hydrogens (tertiary/aromatic N) is 4. The van der Waals surface area contributed by atoms with Crippen molar-refractivity contribution in [2.45, 2.75) is 44.1 Å². The van der Waals surface area contributed by atoms with E-state index in [1.807, 2.05) is 11.5 Å². The number of imidazole rings is 1. The standard InChI is InChI=1S/C15H24N6OS/c1-5-21-10-11(18-14(21)20-8-6-16-7-9-20)17-13(19-12(10)22)23-15(2,3)4/h16H,5-9H2,1-4H3,(H,17,19,22). The van der Waals surface area contributed by atoms with Crippen molar-refractivity contribution in [2.24, 2.45) is 0 Å². The molecule has 3 heterocycles. The maximum atomic E-state index is 12.6. The molecule has 0 unspecified atom stereocenters. The molecule has 0 bridgehead atoms. The molecule has 0 saturated carbocycles. The Morgan fingerprint density at radius 3 is 2.52 bits per heavy atom. The predicted molar refractivity (Wildman–Crippen MR) is 94.5 cm³/mol. The number of aromatic nitrogens is 4. The largest absolute Gasteiger partial charge is 0.340 e. The van der Waals surface area contributed by atoms with Gasteiger partial charge in [0.2, 0.25) is 5.95 Å². The summed E-state index contributed by atoms with van der Waals surface area (Å²) in [6.45, 7) is 12.7. The lowest BCUT2D eigenvalue weighted by atomic mass is 10.3. The SMILES string of the molecule is CCn1c(N2CCNCC2)nc2nc(SC(C)(C)C)[nH]c(=O)c21. The van der Waals surface area contributed by atoms with E-state index in [1.165, 1.54) is 0 Å². The highest BCUT2D eigenvalue weighted by Gasteiger charge is 2.22. The van der Waals surface area contributed by atoms with E-state index in [9.17, 15) is 4.79 Å². The molecule has 1 aliphatic rings. The summed E-state index contributed by atoms with van der Waals surface area (Å²) in [5.74, 6) is 0.847. The van der Waals surface area contributed by atoms with Gasteiger partial charge >= 0.3 is 0 Å². The molecule has 0 spiro atoms. The first-order valence-corrected chi connectivity index (χ1v) is 8.86. The first-order valence-electron chi connectivity index (χ1n) is 8.04. The van der Waals surface area contributed by atoms with Crippen molar-refractivity contribution < 1.29 is 0 Å². The Balaban J connectivity index is 2.09. The van der Waals surface area contributed by atoms with Crippen molar-refractivity contribution in [1.29, 1.82) is 0 Å². The summed E-state index contributed by atoms with van der Waals surface area (Å²) in [4.78, 5) is 26.9. The molecule has 7 nitrogen and oxygen atoms in total. The van der Waals surface area contributed by atoms with Crippen LogP contribution in [0.1, 0.15) is 27.7 Å². The minimum Gasteiger partial charge on any atom is -0.340 e. The number of anilines is 1. The Morgan fingerprint density at radius 1 is 1.22 bits per heavy atom. The lowest BCUT2D eigenvalue weighted by molar-refractivity contribution is 0.569. The van der Waals surface area contributed by atoms with E-state index >= 15 is 0 Å². The topological polar surface area (TPSA) is 78.8 Å². The van der Waals surface area contributed by atoms with Gasteiger partial charge in [0.1, 0.15) is 0 Å². The first-order chi connectivity index (χ1) is 10.9. The van der Waals surface area contributed by atoms with Crippen LogP contribution in [-0.2, 0) is 6.54 Å². The summed E-state index contributed by atoms with van der Waals surface area (Å²) in [5.41, 5.74) is 0.993. The molecule has 0 aromatic carbocycles. The van der Waals surface area contributed by atoms with Gasteiger partial charge in [-0.2, -0.15) is 4.98 Å². The van der Waals surface area contributed by atoms with Gasteiger partial charge in [0.25, 0.3) is 5.56 Å². The first kappa shape index (κ1) is 16.3. The second kappa shape index (κ2) is 6.16. The molecule has 0 radical (unpaired) electrons. The Hall–Kier alpha value is -1.54. The normalized spacial score (nSPS) is 16.3. The van der Waals surface area contributed by atoms with Gasteiger partial charge in [-0.15, -0.1) is 0 Å². The highest BCUT2D eigenvalue weighted by Crippen LogP contribution is 2.29. The van der Waals surface area contributed by atoms with Crippen molar-refractivity contribution in [2.75, 3.05) is 31.1 Å². The van der Waals surface area contributed by atoms with Gasteiger partial charge in [0.05, 0.1) is 0 Å². The fourth-order valence-electron chi connectivity index (χ4n) is 2.76. The zero-order chi connectivity index (χ0) is 16.6. The molecule has 1 aliphatic heterocycles. The summed E-state index contributed by atoms with van der Waals surface area (Å²) in [6.07, 6.45) is 0. The van der Waals surface area contributed by atoms with Crippen LogP contribution < -0.4 is 15.8 Å². The number of H-pyrrole nitrogens is 1. The summed E-state index contributed by atoms with van der Waals surface area (Å²) in [5, 5.41) is 3.96. The molecule has 23 heavy (non-hydrogen) atoms. The molecular formula is C15H24N6OS. The summed E-state index contributed by atoms with van der Waals surface area (Å²) in [7, 11) is 0. The van der Waals surface area contributed by atoms with Crippen LogP contribution in [0.2, 0.25) is 0 Å². The number of nitrogens with one attached hydrogen (secondary N) is 2. The van der Waals surface area contributed by atoms with Crippen molar-refractivity contribution >= 4 is 28.9 Å². The number of fused-ring (bicyclic) bond motifs is 1. The quantitative estimate of drug-likeness (QED) is 0.652. The molecule has 2 N–H and O–H groups in total. The van der Waals surface area contributed by atoms with Gasteiger partial charge in [0.15, 0.2) is 16.3 Å². The third kappa shape index (κ3) is 3.37. The van der Waals surface area contributed by atoms with Crippen LogP contribution >= 0.6 is 11.8 Å². The Kier molecular flexibility index (Phi) is 4.37. The Morgan fingerprint density at radius 2 is 1.91 bits per heavy atom. The zero-order valence-corrected chi connectivity index (χ0v) is 15.0. The van der Waals surface area contributed by atoms with E-state index in [-0.39, 0.29) is 10.3 Å². The lowest BCUT2D eigenvalue weighted by Crippen LogP contribution is -2.44. The van der Waals surface area contributed by atoms with Gasteiger partial charge in [0, 0.05) is 37.5 Å². The number of aromatic amines is 1. The van der Waals surface area contributed by atoms with E-state index in [1.54, 1.807) is 11.8 Å². The van der Waals surface area contributed by atoms with Crippen LogP contribution in [-0.4, -0.2) is 50.4 Å². The summed E-state index contributed by atoms with van der Waals surface area (Å²) < 4.78 is 1.95. The van der Waals surface area contributed by atoms with Crippen molar-refractivity contribution in [3.63, 3.8) is 0 Å². The third-order valence-electron chi connectivity index (χ3n) is 3.69. The van der Waals surface area contributed by atoms with Gasteiger partial charge in [-0.05, 0) is 6.92 Å². The third-order valence-corrected chi connectivity index (χ3v) is 4.69. The number of hydrogen-bond donors (Lipinski definition) is 2. The van der Waals surface area contributed by atoms with Gasteiger partial charge in [-0.1, -0.05) is 32.5 Å². The summed E-state index contributed by atoms with van der Waals surface area (Å²) in [6, 6.07) is 0. The van der Waals surface area contributed by atoms with E-state index in [2.05, 4.69) is 45.9 Å². The van der Waals surface area contributed by atoms with Crippen molar-refractivity contribution in [3.05, 3.63) is 10.4 Å². The van der Waals surface area contributed by atoms with Crippen LogP contribution in [0.25, 0.3) is 11.2 Å². The summed E-state index contributed by atoms with van der Waals surface area (Å²) >= 11 is 1.55. The highest BCUT2D eigenvalue weighted by molar-refractivity contribution is 8.00. The van der Waals surface area contributed by atoms with E-state index < -0.39 is 0 Å². The number of piperazine rings is 1. The zero-order valence-electron chi connectivity index (χ0n) is 14.1. The molecule has 8 heteroatoms. The fraction of sp³-hybridized carbons (Fsp3) is 0.667. The highest BCUT2D eigenvalue weighted by atomic mass is 32.2. The molecule has 126 valence electrons. The Bertz CT molecular complexity index is 754. The van der Waals surface area contributed by atoms with Gasteiger partial charge in [-0.3, -0.25) is 9.78 Å². The number of aryl methyl sites for hydroxylation is 1. The van der Waals surface area contributed by atoms with Crippen LogP contribution in [0.4, 0.5) is 5.95 Å². The molecule has 3 rings (SSSR count). The van der Waals surface area contributed by atoms with E-state index in [0.29, 0.717) is 22.9 Å². The van der Waals surface area contributed by atoms with Crippen molar-refractivity contribution in [1.82, 2.24) is 24.8 Å². The average Bonchev–Trinajstić information content (AvgIpc) is 2.85. The lowest BCUT2D eigenvalue weighted by Gasteiger charge is -2.28. The van der Waals surface area contributed by atoms with Crippen LogP contribution in [0, 0.1) is 0 Å². The maximum absolute atomic E-state index is 12.6. The fourth-order valence-corrected chi connectivity index (χ4v) is 3.61. The minimum atomic E-state index is -0.113. The molecule has 1 fully saturated rings. The van der Waals surface area contributed by atoms with Crippen LogP contribution in [0.15, 0.2) is 9.95 Å². The molecule has 1 saturated heterocycles. The van der Waals surface area contributed by atoms with Crippen molar-refractivity contribution in [3.8, 4) is 0 Å². The Labute approximate surface area is 139 Å². The maximum Gasteiger partial charge on any atom is 0.277 e. The monoisotopic (exact) mass is 336 g/mol. The van der Waals surface area contributed by atoms with Crippen LogP contribution in [0.5, 0.6) is 0 Å². The van der Waals surface area contributed by atoms with Crippen LogP contribution in [0.3, 0.4) is 0 Å². The molecule has 2 aromatic heterocycles. The number of hydrogen-bond acceptors (Lipinski definition) is 6. The van der Waals surface area contributed by atoms with Gasteiger partial charge < -0.3 is 14.8 Å². The smallest absolute Gasteiger partial charge is 0.277 e. The average molecular weight is 336 g/mol. The molecular weight excluding hydrogens is 312 g/mol. The second-order valence-electron chi connectivity index (χ2n) is 6.65. The van der Waals surface area contributed by atoms with E-state index in [0.717, 1.165) is 32.1 Å². The molecule has 2 aromatic rings. The molecule has 0 aliphatic carbocycles. The minimum absolute atomic E-state index is 0.0156. The predicted octanol–water partition coefficient (Wildman–Crippen LogP) is 1.44. The van der Waals surface area contributed by atoms with E-state index in [4.69, 9.17) is 0 Å². The van der Waals surface area contributed by atoms with Gasteiger partial charge in [-0.25, -0.2) is 4.98 Å².